The summed E-state index contributed by atoms with van der Waals surface area (Å²) in [7, 11) is -2.65. The molecule has 2 amide bonds. The molecule has 198 valence electrons. The fourth-order valence-electron chi connectivity index (χ4n) is 5.11. The lowest BCUT2D eigenvalue weighted by Gasteiger charge is -2.40. The van der Waals surface area contributed by atoms with Crippen LogP contribution in [0, 0.1) is 5.82 Å². The fourth-order valence-corrected chi connectivity index (χ4v) is 6.34. The molecule has 37 heavy (non-hydrogen) atoms. The van der Waals surface area contributed by atoms with E-state index in [0.717, 1.165) is 13.1 Å². The van der Waals surface area contributed by atoms with Crippen molar-refractivity contribution in [1.82, 2.24) is 19.3 Å². The summed E-state index contributed by atoms with van der Waals surface area (Å²) in [5.41, 5.74) is 2.09. The van der Waals surface area contributed by atoms with Gasteiger partial charge in [-0.1, -0.05) is 6.07 Å². The van der Waals surface area contributed by atoms with Gasteiger partial charge in [-0.15, -0.1) is 0 Å². The maximum absolute atomic E-state index is 14.2. The molecule has 0 atom stereocenters. The molecule has 5 rings (SSSR count). The summed E-state index contributed by atoms with van der Waals surface area (Å²) >= 11 is 0. The molecule has 2 aliphatic heterocycles. The number of benzene rings is 2. The van der Waals surface area contributed by atoms with E-state index in [4.69, 9.17) is 0 Å². The molecule has 0 radical (unpaired) electrons. The van der Waals surface area contributed by atoms with Crippen molar-refractivity contribution >= 4 is 33.3 Å². The van der Waals surface area contributed by atoms with Gasteiger partial charge < -0.3 is 14.4 Å². The highest BCUT2D eigenvalue weighted by molar-refractivity contribution is 8.24. The van der Waals surface area contributed by atoms with Crippen molar-refractivity contribution in [1.29, 1.82) is 0 Å². The largest absolute Gasteiger partial charge is 0.336 e. The number of fused-ring (bicyclic) bond motifs is 1. The van der Waals surface area contributed by atoms with E-state index in [1.807, 2.05) is 4.90 Å². The van der Waals surface area contributed by atoms with E-state index in [1.54, 1.807) is 45.9 Å². The summed E-state index contributed by atoms with van der Waals surface area (Å²) in [6.07, 6.45) is 0. The zero-order valence-electron chi connectivity index (χ0n) is 21.1. The molecule has 1 aromatic heterocycles. The quantitative estimate of drug-likeness (QED) is 0.531. The minimum absolute atomic E-state index is 0.0436. The van der Waals surface area contributed by atoms with Crippen LogP contribution in [0.1, 0.15) is 34.7 Å². The van der Waals surface area contributed by atoms with Gasteiger partial charge in [0.25, 0.3) is 11.8 Å². The first-order valence-corrected chi connectivity index (χ1v) is 14.5. The lowest BCUT2D eigenvalue weighted by molar-refractivity contribution is 0.0595. The topological polar surface area (TPSA) is 89.2 Å². The van der Waals surface area contributed by atoms with Crippen LogP contribution in [0.4, 0.5) is 4.39 Å². The Hall–Kier alpha value is -2.92. The normalized spacial score (nSPS) is 19.4. The van der Waals surface area contributed by atoms with Crippen LogP contribution < -0.4 is 0 Å². The number of piperazine rings is 1. The first-order valence-electron chi connectivity index (χ1n) is 12.6. The second-order valence-electron chi connectivity index (χ2n) is 10.0. The predicted octanol–water partition coefficient (Wildman–Crippen LogP) is 4.14. The van der Waals surface area contributed by atoms with Crippen LogP contribution in [0.3, 0.4) is 0 Å². The number of aromatic nitrogens is 1. The van der Waals surface area contributed by atoms with Gasteiger partial charge in [0.2, 0.25) is 0 Å². The molecule has 0 spiro atoms. The predicted molar refractivity (Wildman–Crippen MR) is 144 cm³/mol. The van der Waals surface area contributed by atoms with Gasteiger partial charge in [0.1, 0.15) is 11.5 Å². The molecule has 2 aliphatic rings. The van der Waals surface area contributed by atoms with Crippen LogP contribution in [-0.2, 0) is 0 Å². The average Bonchev–Trinajstić information content (AvgIpc) is 3.27. The van der Waals surface area contributed by atoms with Gasteiger partial charge in [0.15, 0.2) is 0 Å². The van der Waals surface area contributed by atoms with Crippen molar-refractivity contribution in [2.75, 3.05) is 50.8 Å². The lowest BCUT2D eigenvalue weighted by atomic mass is 10.1. The average molecular weight is 529 g/mol. The highest BCUT2D eigenvalue weighted by atomic mass is 32.3. The molecular weight excluding hydrogens is 495 g/mol. The maximum atomic E-state index is 14.2. The number of amides is 2. The highest BCUT2D eigenvalue weighted by Gasteiger charge is 2.29. The monoisotopic (exact) mass is 528 g/mol. The number of nitrogens with zero attached hydrogens (tertiary/aromatic N) is 4. The van der Waals surface area contributed by atoms with E-state index in [0.29, 0.717) is 47.0 Å². The van der Waals surface area contributed by atoms with Gasteiger partial charge in [-0.2, -0.15) is 10.6 Å². The molecule has 0 bridgehead atoms. The summed E-state index contributed by atoms with van der Waals surface area (Å²) in [4.78, 5) is 32.7. The standard InChI is InChI=1S/C27H33FN4O4S/c1-19(2)29-8-10-30(11-9-29)26(33)20-6-7-24-21(16-20)17-25(32(24)23-5-3-4-22(28)18-23)27(34)31-12-14-37(35,36)15-13-31/h3-7,16-19,35-36H,8-15H2,1-2H3. The third-order valence-corrected chi connectivity index (χ3v) is 9.00. The first kappa shape index (κ1) is 25.7. The Labute approximate surface area is 217 Å². The van der Waals surface area contributed by atoms with Crippen molar-refractivity contribution in [3.05, 3.63) is 65.6 Å². The Kier molecular flexibility index (Phi) is 7.01. The summed E-state index contributed by atoms with van der Waals surface area (Å²) in [6.45, 7) is 7.77. The minimum Gasteiger partial charge on any atom is -0.336 e. The van der Waals surface area contributed by atoms with Gasteiger partial charge in [0.05, 0.1) is 17.0 Å². The Morgan fingerprint density at radius 3 is 2.19 bits per heavy atom. The summed E-state index contributed by atoms with van der Waals surface area (Å²) < 4.78 is 35.8. The number of hydrogen-bond acceptors (Lipinski definition) is 5. The van der Waals surface area contributed by atoms with Crippen molar-refractivity contribution in [3.63, 3.8) is 0 Å². The smallest absolute Gasteiger partial charge is 0.270 e. The van der Waals surface area contributed by atoms with Gasteiger partial charge in [0, 0.05) is 61.9 Å². The van der Waals surface area contributed by atoms with Crippen molar-refractivity contribution in [2.24, 2.45) is 0 Å². The highest BCUT2D eigenvalue weighted by Crippen LogP contribution is 2.40. The zero-order chi connectivity index (χ0) is 26.3. The van der Waals surface area contributed by atoms with Crippen LogP contribution in [-0.4, -0.2) is 97.0 Å². The first-order chi connectivity index (χ1) is 17.6. The second-order valence-corrected chi connectivity index (χ2v) is 12.5. The molecule has 3 heterocycles. The van der Waals surface area contributed by atoms with Crippen LogP contribution in [0.25, 0.3) is 16.6 Å². The van der Waals surface area contributed by atoms with Gasteiger partial charge in [-0.25, -0.2) is 4.39 Å². The fraction of sp³-hybridized carbons (Fsp3) is 0.407. The van der Waals surface area contributed by atoms with Gasteiger partial charge >= 0.3 is 0 Å². The van der Waals surface area contributed by atoms with Crippen LogP contribution in [0.2, 0.25) is 0 Å². The Morgan fingerprint density at radius 2 is 1.54 bits per heavy atom. The second kappa shape index (κ2) is 10.1. The van der Waals surface area contributed by atoms with E-state index in [9.17, 15) is 23.1 Å². The van der Waals surface area contributed by atoms with E-state index in [1.165, 1.54) is 12.1 Å². The molecule has 2 aromatic carbocycles. The van der Waals surface area contributed by atoms with Crippen molar-refractivity contribution in [2.45, 2.75) is 19.9 Å². The third kappa shape index (κ3) is 5.24. The molecular formula is C27H33FN4O4S. The molecule has 2 saturated heterocycles. The molecule has 2 fully saturated rings. The Morgan fingerprint density at radius 1 is 0.865 bits per heavy atom. The van der Waals surface area contributed by atoms with Crippen LogP contribution in [0.15, 0.2) is 48.5 Å². The van der Waals surface area contributed by atoms with Crippen molar-refractivity contribution < 1.29 is 23.1 Å². The summed E-state index contributed by atoms with van der Waals surface area (Å²) in [5.74, 6) is -0.452. The van der Waals surface area contributed by atoms with E-state index >= 15 is 0 Å². The lowest BCUT2D eigenvalue weighted by Crippen LogP contribution is -2.50. The number of carbonyl (C=O) groups is 2. The number of halogens is 1. The molecule has 2 N–H and O–H groups in total. The Balaban J connectivity index is 1.49. The molecule has 8 nitrogen and oxygen atoms in total. The van der Waals surface area contributed by atoms with Crippen LogP contribution in [0.5, 0.6) is 0 Å². The third-order valence-electron chi connectivity index (χ3n) is 7.33. The molecule has 0 aliphatic carbocycles. The Bertz CT molecular complexity index is 1320. The SMILES string of the molecule is CC(C)N1CCN(C(=O)c2ccc3c(c2)cc(C(=O)N2CCS(O)(O)CC2)n3-c2cccc(F)c2)CC1. The summed E-state index contributed by atoms with van der Waals surface area (Å²) in [6, 6.07) is 13.6. The number of hydrogen-bond donors (Lipinski definition) is 2. The minimum atomic E-state index is -2.65. The number of carbonyl (C=O) groups excluding carboxylic acids is 2. The molecule has 10 heteroatoms. The van der Waals surface area contributed by atoms with Crippen molar-refractivity contribution in [3.8, 4) is 5.69 Å². The van der Waals surface area contributed by atoms with E-state index in [-0.39, 0.29) is 36.4 Å². The van der Waals surface area contributed by atoms with Crippen LogP contribution >= 0.6 is 10.6 Å². The maximum Gasteiger partial charge on any atom is 0.270 e. The molecule has 3 aromatic rings. The summed E-state index contributed by atoms with van der Waals surface area (Å²) in [5, 5.41) is 0.709. The molecule has 0 unspecified atom stereocenters. The molecule has 0 saturated carbocycles. The zero-order valence-corrected chi connectivity index (χ0v) is 22.0. The van der Waals surface area contributed by atoms with Gasteiger partial charge in [-0.05, 0) is 56.3 Å². The van der Waals surface area contributed by atoms with E-state index in [2.05, 4.69) is 18.7 Å². The van der Waals surface area contributed by atoms with E-state index < -0.39 is 16.4 Å². The van der Waals surface area contributed by atoms with Gasteiger partial charge in [-0.3, -0.25) is 23.6 Å². The number of rotatable bonds is 4.